The van der Waals surface area contributed by atoms with Crippen molar-refractivity contribution >= 4 is 21.8 Å². The average Bonchev–Trinajstić information content (AvgIpc) is 3.05. The van der Waals surface area contributed by atoms with E-state index in [0.717, 1.165) is 24.3 Å². The molecular formula is C25H26N4O4. The van der Waals surface area contributed by atoms with Crippen LogP contribution in [0.4, 0.5) is 0 Å². The summed E-state index contributed by atoms with van der Waals surface area (Å²) in [6, 6.07) is 11.1. The van der Waals surface area contributed by atoms with E-state index in [1.165, 1.54) is 0 Å². The Bertz CT molecular complexity index is 1460. The number of ether oxygens (including phenoxy) is 2. The lowest BCUT2D eigenvalue weighted by Gasteiger charge is -2.13. The molecule has 8 heteroatoms. The first-order chi connectivity index (χ1) is 16.0. The molecule has 1 aliphatic heterocycles. The van der Waals surface area contributed by atoms with Crippen LogP contribution >= 0.6 is 0 Å². The third kappa shape index (κ3) is 4.21. The number of likely N-dealkylation sites (N-methyl/N-ethyl adjacent to an activating group) is 1. The minimum atomic E-state index is -0.183. The summed E-state index contributed by atoms with van der Waals surface area (Å²) >= 11 is 0. The molecule has 33 heavy (non-hydrogen) atoms. The quantitative estimate of drug-likeness (QED) is 0.439. The summed E-state index contributed by atoms with van der Waals surface area (Å²) in [5, 5.41) is 0.885. The molecule has 0 saturated carbocycles. The van der Waals surface area contributed by atoms with Crippen LogP contribution in [0.15, 0.2) is 58.4 Å². The Balaban J connectivity index is 1.53. The molecule has 4 aromatic rings. The highest BCUT2D eigenvalue weighted by atomic mass is 16.5. The molecule has 0 spiro atoms. The van der Waals surface area contributed by atoms with Gasteiger partial charge in [-0.15, -0.1) is 0 Å². The van der Waals surface area contributed by atoms with Gasteiger partial charge in [0.1, 0.15) is 0 Å². The zero-order chi connectivity index (χ0) is 22.9. The van der Waals surface area contributed by atoms with Crippen LogP contribution in [0.1, 0.15) is 12.0 Å². The molecule has 0 radical (unpaired) electrons. The molecule has 0 unspecified atom stereocenters. The zero-order valence-electron chi connectivity index (χ0n) is 18.8. The normalized spacial score (nSPS) is 13.5. The van der Waals surface area contributed by atoms with Gasteiger partial charge in [-0.3, -0.25) is 9.59 Å². The minimum absolute atomic E-state index is 0.138. The van der Waals surface area contributed by atoms with Gasteiger partial charge < -0.3 is 23.5 Å². The molecule has 1 aliphatic rings. The Hall–Kier alpha value is -3.65. The van der Waals surface area contributed by atoms with Gasteiger partial charge in [0.05, 0.1) is 41.6 Å². The third-order valence-electron chi connectivity index (χ3n) is 5.84. The van der Waals surface area contributed by atoms with Crippen molar-refractivity contribution in [3.8, 4) is 11.5 Å². The summed E-state index contributed by atoms with van der Waals surface area (Å²) in [5.74, 6) is 1.42. The first-order valence-corrected chi connectivity index (χ1v) is 11.1. The molecule has 1 aromatic carbocycles. The minimum Gasteiger partial charge on any atom is -0.490 e. The van der Waals surface area contributed by atoms with Crippen LogP contribution in [-0.4, -0.2) is 52.9 Å². The van der Waals surface area contributed by atoms with Gasteiger partial charge in [0.2, 0.25) is 0 Å². The number of nitrogens with zero attached hydrogens (tertiary/aromatic N) is 4. The van der Waals surface area contributed by atoms with Crippen molar-refractivity contribution in [2.24, 2.45) is 0 Å². The van der Waals surface area contributed by atoms with Crippen LogP contribution in [0.2, 0.25) is 0 Å². The second kappa shape index (κ2) is 8.71. The molecule has 0 saturated heterocycles. The van der Waals surface area contributed by atoms with Gasteiger partial charge in [0.15, 0.2) is 11.5 Å². The molecule has 5 rings (SSSR count). The Labute approximate surface area is 190 Å². The van der Waals surface area contributed by atoms with Gasteiger partial charge in [-0.25, -0.2) is 4.98 Å². The number of aromatic nitrogens is 3. The van der Waals surface area contributed by atoms with E-state index in [1.807, 2.05) is 49.3 Å². The van der Waals surface area contributed by atoms with Crippen LogP contribution < -0.4 is 20.6 Å². The van der Waals surface area contributed by atoms with Crippen molar-refractivity contribution in [1.82, 2.24) is 19.0 Å². The summed E-state index contributed by atoms with van der Waals surface area (Å²) in [4.78, 5) is 32.9. The van der Waals surface area contributed by atoms with Crippen LogP contribution in [0, 0.1) is 0 Å². The molecule has 0 bridgehead atoms. The van der Waals surface area contributed by atoms with E-state index in [1.54, 1.807) is 27.6 Å². The van der Waals surface area contributed by atoms with Gasteiger partial charge in [0, 0.05) is 31.9 Å². The molecule has 4 heterocycles. The van der Waals surface area contributed by atoms with Crippen molar-refractivity contribution in [2.75, 3.05) is 33.9 Å². The number of hydrogen-bond donors (Lipinski definition) is 0. The van der Waals surface area contributed by atoms with E-state index in [2.05, 4.69) is 4.98 Å². The Morgan fingerprint density at radius 3 is 2.27 bits per heavy atom. The van der Waals surface area contributed by atoms with Gasteiger partial charge in [-0.2, -0.15) is 0 Å². The molecule has 0 atom stereocenters. The molecule has 170 valence electrons. The fourth-order valence-electron chi connectivity index (χ4n) is 4.02. The lowest BCUT2D eigenvalue weighted by molar-refractivity contribution is 0.297. The molecule has 8 nitrogen and oxygen atoms in total. The van der Waals surface area contributed by atoms with Gasteiger partial charge in [-0.1, -0.05) is 6.07 Å². The fourth-order valence-corrected chi connectivity index (χ4v) is 4.02. The average molecular weight is 447 g/mol. The predicted octanol–water partition coefficient (Wildman–Crippen LogP) is 2.48. The zero-order valence-corrected chi connectivity index (χ0v) is 18.8. The predicted molar refractivity (Wildman–Crippen MR) is 127 cm³/mol. The summed E-state index contributed by atoms with van der Waals surface area (Å²) in [6.07, 6.45) is 4.34. The number of benzene rings is 1. The third-order valence-corrected chi connectivity index (χ3v) is 5.84. The van der Waals surface area contributed by atoms with Crippen molar-refractivity contribution in [3.63, 3.8) is 0 Å². The van der Waals surface area contributed by atoms with Crippen LogP contribution in [0.25, 0.3) is 21.8 Å². The van der Waals surface area contributed by atoms with Gasteiger partial charge in [-0.05, 0) is 50.0 Å². The number of pyridine rings is 3. The highest BCUT2D eigenvalue weighted by Crippen LogP contribution is 2.30. The first kappa shape index (κ1) is 21.2. The largest absolute Gasteiger partial charge is 0.490 e. The maximum absolute atomic E-state index is 13.3. The Morgan fingerprint density at radius 2 is 1.55 bits per heavy atom. The highest BCUT2D eigenvalue weighted by Gasteiger charge is 2.13. The lowest BCUT2D eigenvalue weighted by Crippen LogP contribution is -2.26. The molecule has 0 N–H and O–H groups in total. The summed E-state index contributed by atoms with van der Waals surface area (Å²) in [6.45, 7) is 2.94. The second-order valence-electron chi connectivity index (χ2n) is 8.55. The van der Waals surface area contributed by atoms with Crippen LogP contribution in [0.3, 0.4) is 0 Å². The number of rotatable bonds is 5. The Morgan fingerprint density at radius 1 is 0.879 bits per heavy atom. The lowest BCUT2D eigenvalue weighted by atomic mass is 10.1. The maximum Gasteiger partial charge on any atom is 0.260 e. The van der Waals surface area contributed by atoms with E-state index in [-0.39, 0.29) is 11.1 Å². The van der Waals surface area contributed by atoms with E-state index in [4.69, 9.17) is 9.47 Å². The first-order valence-electron chi connectivity index (χ1n) is 11.1. The number of hydrogen-bond acceptors (Lipinski definition) is 6. The van der Waals surface area contributed by atoms with Gasteiger partial charge >= 0.3 is 0 Å². The maximum atomic E-state index is 13.3. The van der Waals surface area contributed by atoms with Crippen LogP contribution in [-0.2, 0) is 13.1 Å². The van der Waals surface area contributed by atoms with E-state index in [0.29, 0.717) is 53.9 Å². The molecule has 0 fully saturated rings. The fraction of sp³-hybridized carbons (Fsp3) is 0.320. The highest BCUT2D eigenvalue weighted by molar-refractivity contribution is 5.91. The monoisotopic (exact) mass is 446 g/mol. The SMILES string of the molecule is CN(C)CCn1ccc2nc3ccn(Cc4ccc5c(c4)OCCCO5)c(=O)c3cc2c1=O. The van der Waals surface area contributed by atoms with E-state index >= 15 is 0 Å². The van der Waals surface area contributed by atoms with E-state index in [9.17, 15) is 9.59 Å². The molecule has 0 amide bonds. The summed E-state index contributed by atoms with van der Waals surface area (Å²) in [7, 11) is 3.93. The van der Waals surface area contributed by atoms with E-state index < -0.39 is 0 Å². The second-order valence-corrected chi connectivity index (χ2v) is 8.55. The standard InChI is InChI=1S/C25H26N4O4/c1-27(2)10-11-28-8-6-20-18(24(28)30)15-19-21(26-20)7-9-29(25(19)31)16-17-4-5-22-23(14-17)33-13-3-12-32-22/h4-9,14-15H,3,10-13,16H2,1-2H3. The summed E-state index contributed by atoms with van der Waals surface area (Å²) < 4.78 is 14.8. The topological polar surface area (TPSA) is 78.6 Å². The van der Waals surface area contributed by atoms with Crippen molar-refractivity contribution in [1.29, 1.82) is 0 Å². The van der Waals surface area contributed by atoms with Crippen molar-refractivity contribution < 1.29 is 9.47 Å². The van der Waals surface area contributed by atoms with Crippen LogP contribution in [0.5, 0.6) is 11.5 Å². The number of fused-ring (bicyclic) bond motifs is 3. The molecule has 3 aromatic heterocycles. The molecule has 0 aliphatic carbocycles. The smallest absolute Gasteiger partial charge is 0.260 e. The van der Waals surface area contributed by atoms with Crippen molar-refractivity contribution in [2.45, 2.75) is 19.5 Å². The molecular weight excluding hydrogens is 420 g/mol. The van der Waals surface area contributed by atoms with Gasteiger partial charge in [0.25, 0.3) is 11.1 Å². The summed E-state index contributed by atoms with van der Waals surface area (Å²) in [5.41, 5.74) is 1.78. The Kier molecular flexibility index (Phi) is 5.60. The van der Waals surface area contributed by atoms with Crippen molar-refractivity contribution in [3.05, 3.63) is 75.1 Å².